The van der Waals surface area contributed by atoms with Crippen molar-refractivity contribution >= 4 is 54.6 Å². The van der Waals surface area contributed by atoms with Crippen LogP contribution in [0.4, 0.5) is 0 Å². The maximum atomic E-state index is 7.10. The first-order valence-electron chi connectivity index (χ1n) is 19.4. The van der Waals surface area contributed by atoms with E-state index in [1.807, 2.05) is 6.07 Å². The number of benzene rings is 9. The van der Waals surface area contributed by atoms with Crippen LogP contribution < -0.4 is 0 Å². The quantitative estimate of drug-likeness (QED) is 0.166. The largest absolute Gasteiger partial charge is 0.456 e. The second kappa shape index (κ2) is 12.2. The molecule has 0 aliphatic heterocycles. The first-order valence-corrected chi connectivity index (χ1v) is 19.4. The van der Waals surface area contributed by atoms with Crippen molar-refractivity contribution < 1.29 is 8.83 Å². The molecule has 0 radical (unpaired) electrons. The average Bonchev–Trinajstić information content (AvgIpc) is 3.94. The van der Waals surface area contributed by atoms with Crippen LogP contribution in [-0.2, 0) is 6.42 Å². The van der Waals surface area contributed by atoms with Gasteiger partial charge in [0, 0.05) is 33.0 Å². The van der Waals surface area contributed by atoms with Gasteiger partial charge in [-0.15, -0.1) is 0 Å². The van der Waals surface area contributed by atoms with E-state index < -0.39 is 0 Å². The predicted molar refractivity (Wildman–Crippen MR) is 231 cm³/mol. The molecule has 0 fully saturated rings. The Bertz CT molecular complexity index is 3320. The zero-order chi connectivity index (χ0) is 36.7. The second-order valence-electron chi connectivity index (χ2n) is 15.2. The fraction of sp³-hybridized carbons (Fsp3) is 0.0370. The van der Waals surface area contributed by atoms with Gasteiger partial charge in [0.2, 0.25) is 0 Å². The van der Waals surface area contributed by atoms with Gasteiger partial charge < -0.3 is 8.83 Å². The highest BCUT2D eigenvalue weighted by Crippen LogP contribution is 2.47. The number of fused-ring (bicyclic) bond motifs is 10. The lowest BCUT2D eigenvalue weighted by atomic mass is 9.81. The molecule has 0 saturated heterocycles. The summed E-state index contributed by atoms with van der Waals surface area (Å²) in [5, 5.41) is 6.80. The smallest absolute Gasteiger partial charge is 0.144 e. The van der Waals surface area contributed by atoms with Crippen LogP contribution in [0.2, 0.25) is 0 Å². The van der Waals surface area contributed by atoms with E-state index in [-0.39, 0.29) is 5.92 Å². The fourth-order valence-electron chi connectivity index (χ4n) is 9.44. The van der Waals surface area contributed by atoms with Gasteiger partial charge in [0.05, 0.1) is 0 Å². The number of hydrogen-bond acceptors (Lipinski definition) is 2. The predicted octanol–water partition coefficient (Wildman–Crippen LogP) is 14.7. The standard InChI is InChI=1S/C54H34O2/c1-2-11-33(12-3-1)34-21-23-36(24-22-34)52-53-46-18-8-9-20-48(46)55-50(53)32-47-44-28-26-39(31-49(44)56-54(47)52)51(45-19-10-15-35-13-4-6-16-41(35)45)38-25-27-43-40(30-38)29-37-14-5-7-17-42(37)43/h1-28,30-32,51H,29H2. The zero-order valence-electron chi connectivity index (χ0n) is 30.5. The molecule has 2 heterocycles. The summed E-state index contributed by atoms with van der Waals surface area (Å²) in [7, 11) is 0. The summed E-state index contributed by atoms with van der Waals surface area (Å²) in [4.78, 5) is 0. The Kier molecular flexibility index (Phi) is 6.79. The Balaban J connectivity index is 1.08. The van der Waals surface area contributed by atoms with Crippen molar-refractivity contribution in [1.82, 2.24) is 0 Å². The maximum Gasteiger partial charge on any atom is 0.144 e. The van der Waals surface area contributed by atoms with Gasteiger partial charge in [0.25, 0.3) is 0 Å². The summed E-state index contributed by atoms with van der Waals surface area (Å²) in [5.41, 5.74) is 17.3. The van der Waals surface area contributed by atoms with Crippen molar-refractivity contribution in [2.75, 3.05) is 0 Å². The molecule has 0 amide bonds. The molecule has 1 aliphatic carbocycles. The second-order valence-corrected chi connectivity index (χ2v) is 15.2. The highest BCUT2D eigenvalue weighted by molar-refractivity contribution is 6.23. The molecule has 1 atom stereocenters. The molecule has 1 unspecified atom stereocenters. The minimum absolute atomic E-state index is 0.00191. The molecule has 9 aromatic carbocycles. The highest BCUT2D eigenvalue weighted by atomic mass is 16.3. The molecular formula is C54H34O2. The number of para-hydroxylation sites is 1. The third-order valence-electron chi connectivity index (χ3n) is 12.0. The van der Waals surface area contributed by atoms with Crippen LogP contribution in [0.15, 0.2) is 197 Å². The van der Waals surface area contributed by atoms with Gasteiger partial charge in [0.15, 0.2) is 0 Å². The SMILES string of the molecule is c1ccc(-c2ccc(-c3c4oc5cc(C(c6ccc7c(c6)Cc6ccccc6-7)c6cccc7ccccc67)ccc5c4cc4oc5ccccc5c34)cc2)cc1. The summed E-state index contributed by atoms with van der Waals surface area (Å²) in [5.74, 6) is -0.00191. The third kappa shape index (κ3) is 4.76. The van der Waals surface area contributed by atoms with Crippen LogP contribution in [0.25, 0.3) is 88.0 Å². The third-order valence-corrected chi connectivity index (χ3v) is 12.0. The maximum absolute atomic E-state index is 7.10. The van der Waals surface area contributed by atoms with Crippen LogP contribution >= 0.6 is 0 Å². The minimum Gasteiger partial charge on any atom is -0.456 e. The number of furan rings is 2. The Morgan fingerprint density at radius 3 is 2.00 bits per heavy atom. The van der Waals surface area contributed by atoms with Gasteiger partial charge in [-0.1, -0.05) is 170 Å². The molecule has 56 heavy (non-hydrogen) atoms. The molecule has 2 heteroatoms. The van der Waals surface area contributed by atoms with Gasteiger partial charge in [-0.25, -0.2) is 0 Å². The summed E-state index contributed by atoms with van der Waals surface area (Å²) in [6.07, 6.45) is 0.954. The van der Waals surface area contributed by atoms with Crippen LogP contribution in [0.3, 0.4) is 0 Å². The highest BCUT2D eigenvalue weighted by Gasteiger charge is 2.26. The Labute approximate surface area is 323 Å². The van der Waals surface area contributed by atoms with Crippen LogP contribution in [0.5, 0.6) is 0 Å². The Morgan fingerprint density at radius 1 is 0.393 bits per heavy atom. The summed E-state index contributed by atoms with van der Waals surface area (Å²) in [6.45, 7) is 0. The van der Waals surface area contributed by atoms with Crippen molar-refractivity contribution in [3.63, 3.8) is 0 Å². The van der Waals surface area contributed by atoms with E-state index in [1.54, 1.807) is 0 Å². The van der Waals surface area contributed by atoms with Crippen molar-refractivity contribution in [3.05, 3.63) is 216 Å². The molecule has 0 saturated carbocycles. The summed E-state index contributed by atoms with van der Waals surface area (Å²) >= 11 is 0. The van der Waals surface area contributed by atoms with Crippen molar-refractivity contribution in [3.8, 4) is 33.4 Å². The summed E-state index contributed by atoms with van der Waals surface area (Å²) in [6, 6.07) is 68.1. The molecule has 2 nitrogen and oxygen atoms in total. The van der Waals surface area contributed by atoms with Gasteiger partial charge in [-0.3, -0.25) is 0 Å². The topological polar surface area (TPSA) is 26.3 Å². The first kappa shape index (κ1) is 31.2. The van der Waals surface area contributed by atoms with E-state index in [2.05, 4.69) is 182 Å². The summed E-state index contributed by atoms with van der Waals surface area (Å²) < 4.78 is 13.7. The van der Waals surface area contributed by atoms with E-state index in [9.17, 15) is 0 Å². The molecule has 0 N–H and O–H groups in total. The minimum atomic E-state index is -0.00191. The van der Waals surface area contributed by atoms with Gasteiger partial charge >= 0.3 is 0 Å². The van der Waals surface area contributed by atoms with Crippen LogP contribution in [-0.4, -0.2) is 0 Å². The molecule has 2 aromatic heterocycles. The lowest BCUT2D eigenvalue weighted by molar-refractivity contribution is 0.664. The van der Waals surface area contributed by atoms with E-state index >= 15 is 0 Å². The van der Waals surface area contributed by atoms with Crippen molar-refractivity contribution in [2.24, 2.45) is 0 Å². The van der Waals surface area contributed by atoms with E-state index in [4.69, 9.17) is 8.83 Å². The normalized spacial score (nSPS) is 12.9. The molecule has 0 bridgehead atoms. The Morgan fingerprint density at radius 2 is 1.09 bits per heavy atom. The van der Waals surface area contributed by atoms with E-state index in [0.717, 1.165) is 61.4 Å². The van der Waals surface area contributed by atoms with Crippen molar-refractivity contribution in [2.45, 2.75) is 12.3 Å². The zero-order valence-corrected chi connectivity index (χ0v) is 30.5. The molecule has 0 spiro atoms. The van der Waals surface area contributed by atoms with Gasteiger partial charge in [-0.05, 0) is 91.0 Å². The van der Waals surface area contributed by atoms with Gasteiger partial charge in [-0.2, -0.15) is 0 Å². The van der Waals surface area contributed by atoms with E-state index in [0.29, 0.717) is 0 Å². The monoisotopic (exact) mass is 714 g/mol. The van der Waals surface area contributed by atoms with Gasteiger partial charge in [0.1, 0.15) is 22.3 Å². The lowest BCUT2D eigenvalue weighted by Gasteiger charge is -2.22. The Hall–Kier alpha value is -7.16. The molecule has 1 aliphatic rings. The molecule has 11 aromatic rings. The molecule has 12 rings (SSSR count). The number of rotatable bonds is 5. The molecular weight excluding hydrogens is 681 g/mol. The number of hydrogen-bond donors (Lipinski definition) is 0. The molecule has 262 valence electrons. The van der Waals surface area contributed by atoms with E-state index in [1.165, 1.54) is 60.8 Å². The fourth-order valence-corrected chi connectivity index (χ4v) is 9.44. The van der Waals surface area contributed by atoms with Crippen LogP contribution in [0, 0.1) is 0 Å². The van der Waals surface area contributed by atoms with Crippen LogP contribution in [0.1, 0.15) is 33.7 Å². The first-order chi connectivity index (χ1) is 27.7. The lowest BCUT2D eigenvalue weighted by Crippen LogP contribution is -2.05. The van der Waals surface area contributed by atoms with Crippen molar-refractivity contribution in [1.29, 1.82) is 0 Å². The average molecular weight is 715 g/mol.